The van der Waals surface area contributed by atoms with E-state index in [1.165, 1.54) is 24.3 Å². The molecular weight excluding hydrogens is 206 g/mol. The van der Waals surface area contributed by atoms with Gasteiger partial charge in [0.1, 0.15) is 0 Å². The molecule has 78 valence electrons. The highest BCUT2D eigenvalue weighted by Crippen LogP contribution is 2.29. The lowest BCUT2D eigenvalue weighted by molar-refractivity contribution is 0.622. The van der Waals surface area contributed by atoms with Crippen LogP contribution in [-0.2, 0) is 0 Å². The van der Waals surface area contributed by atoms with Crippen LogP contribution in [-0.4, -0.2) is 26.1 Å². The van der Waals surface area contributed by atoms with Crippen LogP contribution in [0.3, 0.4) is 0 Å². The number of fused-ring (bicyclic) bond motifs is 1. The molecule has 4 heteroatoms. The van der Waals surface area contributed by atoms with Gasteiger partial charge in [-0.1, -0.05) is 6.07 Å². The average molecular weight is 219 g/mol. The van der Waals surface area contributed by atoms with Crippen LogP contribution in [0.4, 0.5) is 0 Å². The molecule has 2 aromatic rings. The molecule has 0 radical (unpaired) electrons. The van der Waals surface area contributed by atoms with Crippen molar-refractivity contribution in [2.45, 2.75) is 18.8 Å². The lowest BCUT2D eigenvalue weighted by Crippen LogP contribution is -2.10. The third-order valence-electron chi connectivity index (χ3n) is 2.78. The first-order chi connectivity index (χ1) is 7.43. The summed E-state index contributed by atoms with van der Waals surface area (Å²) in [4.78, 5) is 4.57. The Morgan fingerprint density at radius 1 is 1.40 bits per heavy atom. The van der Waals surface area contributed by atoms with Crippen molar-refractivity contribution in [3.05, 3.63) is 30.2 Å². The quantitative estimate of drug-likeness (QED) is 0.737. The summed E-state index contributed by atoms with van der Waals surface area (Å²) in [6, 6.07) is 6.00. The summed E-state index contributed by atoms with van der Waals surface area (Å²) < 4.78 is 1.87. The molecule has 1 fully saturated rings. The summed E-state index contributed by atoms with van der Waals surface area (Å²) in [5, 5.41) is 4.53. The van der Waals surface area contributed by atoms with Gasteiger partial charge in [0.25, 0.3) is 0 Å². The van der Waals surface area contributed by atoms with Gasteiger partial charge in [-0.05, 0) is 30.7 Å². The van der Waals surface area contributed by atoms with Gasteiger partial charge in [-0.15, -0.1) is 0 Å². The summed E-state index contributed by atoms with van der Waals surface area (Å²) >= 11 is 2.02. The van der Waals surface area contributed by atoms with Crippen molar-refractivity contribution in [2.24, 2.45) is 0 Å². The zero-order chi connectivity index (χ0) is 10.1. The highest BCUT2D eigenvalue weighted by atomic mass is 32.2. The normalized spacial score (nSPS) is 22.0. The zero-order valence-corrected chi connectivity index (χ0v) is 9.28. The second-order valence-electron chi connectivity index (χ2n) is 3.89. The van der Waals surface area contributed by atoms with Crippen molar-refractivity contribution < 1.29 is 0 Å². The summed E-state index contributed by atoms with van der Waals surface area (Å²) in [5.41, 5.74) is 0.961. The van der Waals surface area contributed by atoms with Crippen molar-refractivity contribution in [1.82, 2.24) is 14.6 Å². The van der Waals surface area contributed by atoms with E-state index < -0.39 is 0 Å². The van der Waals surface area contributed by atoms with E-state index in [2.05, 4.69) is 10.1 Å². The lowest BCUT2D eigenvalue weighted by Gasteiger charge is -2.17. The molecule has 0 saturated carbocycles. The Bertz CT molecular complexity index is 427. The van der Waals surface area contributed by atoms with Gasteiger partial charge in [0, 0.05) is 17.9 Å². The maximum atomic E-state index is 4.57. The molecular formula is C11H13N3S. The molecule has 3 heterocycles. The minimum atomic E-state index is 0.559. The molecule has 0 aromatic carbocycles. The summed E-state index contributed by atoms with van der Waals surface area (Å²) in [6.45, 7) is 0. The van der Waals surface area contributed by atoms with E-state index in [9.17, 15) is 0 Å². The van der Waals surface area contributed by atoms with Gasteiger partial charge < -0.3 is 0 Å². The highest BCUT2D eigenvalue weighted by molar-refractivity contribution is 7.99. The van der Waals surface area contributed by atoms with E-state index in [4.69, 9.17) is 0 Å². The fourth-order valence-electron chi connectivity index (χ4n) is 1.97. The first-order valence-electron chi connectivity index (χ1n) is 5.32. The molecule has 0 amide bonds. The van der Waals surface area contributed by atoms with E-state index >= 15 is 0 Å². The van der Waals surface area contributed by atoms with Crippen LogP contribution in [0.1, 0.15) is 24.6 Å². The van der Waals surface area contributed by atoms with Crippen LogP contribution in [0.25, 0.3) is 5.65 Å². The maximum Gasteiger partial charge on any atom is 0.155 e. The Labute approximate surface area is 92.9 Å². The SMILES string of the molecule is c1ccn2nc(C3CCCSC3)nc2c1. The predicted octanol–water partition coefficient (Wildman–Crippen LogP) is 2.34. The second kappa shape index (κ2) is 3.85. The van der Waals surface area contributed by atoms with Crippen LogP contribution in [0.2, 0.25) is 0 Å². The van der Waals surface area contributed by atoms with Crippen molar-refractivity contribution >= 4 is 17.4 Å². The van der Waals surface area contributed by atoms with E-state index in [0.29, 0.717) is 5.92 Å². The van der Waals surface area contributed by atoms with Gasteiger partial charge >= 0.3 is 0 Å². The van der Waals surface area contributed by atoms with E-state index in [-0.39, 0.29) is 0 Å². The number of hydrogen-bond donors (Lipinski definition) is 0. The lowest BCUT2D eigenvalue weighted by atomic mass is 10.1. The van der Waals surface area contributed by atoms with Crippen LogP contribution in [0.15, 0.2) is 24.4 Å². The number of hydrogen-bond acceptors (Lipinski definition) is 3. The van der Waals surface area contributed by atoms with Gasteiger partial charge in [-0.2, -0.15) is 16.9 Å². The van der Waals surface area contributed by atoms with Crippen LogP contribution in [0.5, 0.6) is 0 Å². The second-order valence-corrected chi connectivity index (χ2v) is 5.04. The smallest absolute Gasteiger partial charge is 0.155 e. The molecule has 1 aliphatic rings. The fraction of sp³-hybridized carbons (Fsp3) is 0.455. The first-order valence-corrected chi connectivity index (χ1v) is 6.48. The minimum absolute atomic E-state index is 0.559. The Morgan fingerprint density at radius 2 is 2.40 bits per heavy atom. The van der Waals surface area contributed by atoms with Crippen LogP contribution in [0, 0.1) is 0 Å². The molecule has 0 bridgehead atoms. The zero-order valence-electron chi connectivity index (χ0n) is 8.47. The Balaban J connectivity index is 1.96. The maximum absolute atomic E-state index is 4.57. The minimum Gasteiger partial charge on any atom is -0.221 e. The van der Waals surface area contributed by atoms with Crippen molar-refractivity contribution in [3.8, 4) is 0 Å². The molecule has 0 N–H and O–H groups in total. The number of rotatable bonds is 1. The third-order valence-corrected chi connectivity index (χ3v) is 4.00. The largest absolute Gasteiger partial charge is 0.221 e. The molecule has 1 saturated heterocycles. The molecule has 0 aliphatic carbocycles. The molecule has 3 nitrogen and oxygen atoms in total. The molecule has 1 aliphatic heterocycles. The Kier molecular flexibility index (Phi) is 2.37. The number of aromatic nitrogens is 3. The number of nitrogens with zero attached hydrogens (tertiary/aromatic N) is 3. The molecule has 1 atom stereocenters. The summed E-state index contributed by atoms with van der Waals surface area (Å²) in [7, 11) is 0. The first kappa shape index (κ1) is 9.21. The molecule has 15 heavy (non-hydrogen) atoms. The van der Waals surface area contributed by atoms with Crippen LogP contribution >= 0.6 is 11.8 Å². The monoisotopic (exact) mass is 219 g/mol. The van der Waals surface area contributed by atoms with Gasteiger partial charge in [0.2, 0.25) is 0 Å². The fourth-order valence-corrected chi connectivity index (χ4v) is 3.10. The van der Waals surface area contributed by atoms with Crippen molar-refractivity contribution in [1.29, 1.82) is 0 Å². The summed E-state index contributed by atoms with van der Waals surface area (Å²) in [6.07, 6.45) is 4.50. The number of thioether (sulfide) groups is 1. The van der Waals surface area contributed by atoms with E-state index in [1.54, 1.807) is 0 Å². The highest BCUT2D eigenvalue weighted by Gasteiger charge is 2.19. The van der Waals surface area contributed by atoms with Gasteiger partial charge in [-0.3, -0.25) is 0 Å². The van der Waals surface area contributed by atoms with E-state index in [1.807, 2.05) is 40.7 Å². The topological polar surface area (TPSA) is 30.2 Å². The summed E-state index contributed by atoms with van der Waals surface area (Å²) in [5.74, 6) is 4.05. The van der Waals surface area contributed by atoms with Crippen molar-refractivity contribution in [3.63, 3.8) is 0 Å². The molecule has 3 rings (SSSR count). The van der Waals surface area contributed by atoms with Crippen LogP contribution < -0.4 is 0 Å². The predicted molar refractivity (Wildman–Crippen MR) is 62.3 cm³/mol. The third kappa shape index (κ3) is 1.74. The van der Waals surface area contributed by atoms with Gasteiger partial charge in [-0.25, -0.2) is 9.50 Å². The van der Waals surface area contributed by atoms with Gasteiger partial charge in [0.05, 0.1) is 0 Å². The average Bonchev–Trinajstić information content (AvgIpc) is 2.74. The molecule has 0 spiro atoms. The van der Waals surface area contributed by atoms with E-state index in [0.717, 1.165) is 11.5 Å². The Hall–Kier alpha value is -1.03. The standard InChI is InChI=1S/C11H13N3S/c1-2-6-14-10(5-1)12-11(13-14)9-4-3-7-15-8-9/h1-2,5-6,9H,3-4,7-8H2. The molecule has 1 unspecified atom stereocenters. The molecule has 2 aromatic heterocycles. The Morgan fingerprint density at radius 3 is 3.20 bits per heavy atom. The van der Waals surface area contributed by atoms with Crippen molar-refractivity contribution in [2.75, 3.05) is 11.5 Å². The van der Waals surface area contributed by atoms with Gasteiger partial charge in [0.15, 0.2) is 11.5 Å². The number of pyridine rings is 1.